The van der Waals surface area contributed by atoms with Crippen LogP contribution in [0.15, 0.2) is 24.3 Å². The van der Waals surface area contributed by atoms with Crippen LogP contribution in [0.1, 0.15) is 400 Å². The highest BCUT2D eigenvalue weighted by atomic mass is 16.6. The minimum atomic E-state index is -0.772. The summed E-state index contributed by atoms with van der Waals surface area (Å²) in [5, 5.41) is 0. The van der Waals surface area contributed by atoms with Gasteiger partial charge in [-0.2, -0.15) is 0 Å². The Morgan fingerprint density at radius 3 is 0.679 bits per heavy atom. The van der Waals surface area contributed by atoms with Gasteiger partial charge >= 0.3 is 17.9 Å². The van der Waals surface area contributed by atoms with Crippen LogP contribution in [0.4, 0.5) is 0 Å². The summed E-state index contributed by atoms with van der Waals surface area (Å²) in [4.78, 5) is 38.3. The second kappa shape index (κ2) is 67.4. The van der Waals surface area contributed by atoms with Crippen LogP contribution in [0.3, 0.4) is 0 Å². The van der Waals surface area contributed by atoms with E-state index in [1.807, 2.05) is 0 Å². The Labute approximate surface area is 487 Å². The summed E-state index contributed by atoms with van der Waals surface area (Å²) < 4.78 is 17.0. The molecule has 1 atom stereocenters. The van der Waals surface area contributed by atoms with Gasteiger partial charge in [0, 0.05) is 19.3 Å². The molecule has 0 aliphatic carbocycles. The zero-order valence-corrected chi connectivity index (χ0v) is 53.0. The zero-order chi connectivity index (χ0) is 56.4. The van der Waals surface area contributed by atoms with E-state index in [0.29, 0.717) is 19.3 Å². The molecule has 0 saturated carbocycles. The summed E-state index contributed by atoms with van der Waals surface area (Å²) >= 11 is 0. The Bertz CT molecular complexity index is 1260. The first-order chi connectivity index (χ1) is 38.5. The Morgan fingerprint density at radius 1 is 0.244 bits per heavy atom. The molecule has 0 aromatic carbocycles. The van der Waals surface area contributed by atoms with Crippen molar-refractivity contribution < 1.29 is 28.6 Å². The molecule has 0 saturated heterocycles. The highest BCUT2D eigenvalue weighted by molar-refractivity contribution is 5.71. The molecule has 0 aliphatic rings. The fourth-order valence-electron chi connectivity index (χ4n) is 10.8. The van der Waals surface area contributed by atoms with Gasteiger partial charge in [-0.1, -0.05) is 340 Å². The van der Waals surface area contributed by atoms with E-state index in [1.54, 1.807) is 0 Å². The fourth-order valence-corrected chi connectivity index (χ4v) is 10.8. The maximum atomic E-state index is 12.9. The molecule has 0 aromatic rings. The van der Waals surface area contributed by atoms with Crippen LogP contribution >= 0.6 is 0 Å². The first-order valence-corrected chi connectivity index (χ1v) is 35.3. The maximum Gasteiger partial charge on any atom is 0.306 e. The van der Waals surface area contributed by atoms with Crippen LogP contribution in [0.5, 0.6) is 0 Å². The SMILES string of the molecule is CCCC/C=C\CCCCCCCC(=O)OCC(COC(=O)CCCCCCCCCCCCCCCCCCCCCCCCCCCC)OC(=O)CCCCCCCCCCCCC/C=C\CCCCCCCCCC. The van der Waals surface area contributed by atoms with Crippen molar-refractivity contribution in [3.8, 4) is 0 Å². The molecule has 0 bridgehead atoms. The summed E-state index contributed by atoms with van der Waals surface area (Å²) in [5.74, 6) is -0.851. The van der Waals surface area contributed by atoms with E-state index in [0.717, 1.165) is 64.2 Å². The number of carbonyl (C=O) groups excluding carboxylic acids is 3. The van der Waals surface area contributed by atoms with Crippen molar-refractivity contribution in [3.05, 3.63) is 24.3 Å². The number of carbonyl (C=O) groups is 3. The number of esters is 3. The average Bonchev–Trinajstić information content (AvgIpc) is 3.44. The van der Waals surface area contributed by atoms with Gasteiger partial charge in [-0.25, -0.2) is 0 Å². The molecule has 1 unspecified atom stereocenters. The van der Waals surface area contributed by atoms with Crippen LogP contribution in [0, 0.1) is 0 Å². The van der Waals surface area contributed by atoms with Crippen LogP contribution in [0.2, 0.25) is 0 Å². The van der Waals surface area contributed by atoms with Crippen molar-refractivity contribution in [3.63, 3.8) is 0 Å². The summed E-state index contributed by atoms with van der Waals surface area (Å²) in [6.45, 7) is 6.67. The predicted molar refractivity (Wildman–Crippen MR) is 340 cm³/mol. The van der Waals surface area contributed by atoms with Crippen molar-refractivity contribution >= 4 is 17.9 Å². The van der Waals surface area contributed by atoms with E-state index < -0.39 is 6.10 Å². The minimum absolute atomic E-state index is 0.0688. The van der Waals surface area contributed by atoms with Crippen LogP contribution < -0.4 is 0 Å². The highest BCUT2D eigenvalue weighted by Gasteiger charge is 2.19. The van der Waals surface area contributed by atoms with E-state index in [1.165, 1.54) is 295 Å². The third-order valence-corrected chi connectivity index (χ3v) is 16.2. The lowest BCUT2D eigenvalue weighted by Crippen LogP contribution is -2.30. The number of hydrogen-bond donors (Lipinski definition) is 0. The van der Waals surface area contributed by atoms with E-state index >= 15 is 0 Å². The number of unbranched alkanes of at least 4 members (excludes halogenated alkanes) is 51. The van der Waals surface area contributed by atoms with E-state index in [9.17, 15) is 14.4 Å². The first-order valence-electron chi connectivity index (χ1n) is 35.3. The van der Waals surface area contributed by atoms with Crippen molar-refractivity contribution in [2.45, 2.75) is 406 Å². The van der Waals surface area contributed by atoms with Crippen LogP contribution in [-0.2, 0) is 28.6 Å². The minimum Gasteiger partial charge on any atom is -0.462 e. The molecule has 0 rings (SSSR count). The highest BCUT2D eigenvalue weighted by Crippen LogP contribution is 2.19. The van der Waals surface area contributed by atoms with Gasteiger partial charge in [0.1, 0.15) is 13.2 Å². The number of allylic oxidation sites excluding steroid dienone is 4. The number of hydrogen-bond acceptors (Lipinski definition) is 6. The average molecular weight is 1100 g/mol. The van der Waals surface area contributed by atoms with Gasteiger partial charge in [0.15, 0.2) is 6.10 Å². The molecular weight excluding hydrogens is 961 g/mol. The van der Waals surface area contributed by atoms with Crippen LogP contribution in [0.25, 0.3) is 0 Å². The van der Waals surface area contributed by atoms with Gasteiger partial charge < -0.3 is 14.2 Å². The fraction of sp³-hybridized carbons (Fsp3) is 0.903. The molecule has 0 heterocycles. The second-order valence-electron chi connectivity index (χ2n) is 24.1. The Balaban J connectivity index is 4.16. The first kappa shape index (κ1) is 75.9. The number of ether oxygens (including phenoxy) is 3. The van der Waals surface area contributed by atoms with Crippen molar-refractivity contribution in [1.82, 2.24) is 0 Å². The third-order valence-electron chi connectivity index (χ3n) is 16.2. The molecule has 0 radical (unpaired) electrons. The lowest BCUT2D eigenvalue weighted by molar-refractivity contribution is -0.167. The molecule has 0 aliphatic heterocycles. The molecule has 0 aromatic heterocycles. The molecule has 6 nitrogen and oxygen atoms in total. The molecule has 0 spiro atoms. The molecule has 0 amide bonds. The second-order valence-corrected chi connectivity index (χ2v) is 24.1. The zero-order valence-electron chi connectivity index (χ0n) is 53.0. The van der Waals surface area contributed by atoms with Gasteiger partial charge in [0.2, 0.25) is 0 Å². The van der Waals surface area contributed by atoms with Crippen molar-refractivity contribution in [2.24, 2.45) is 0 Å². The summed E-state index contributed by atoms with van der Waals surface area (Å²) in [6.07, 6.45) is 82.2. The summed E-state index contributed by atoms with van der Waals surface area (Å²) in [5.41, 5.74) is 0. The lowest BCUT2D eigenvalue weighted by atomic mass is 10.0. The molecule has 460 valence electrons. The predicted octanol–water partition coefficient (Wildman–Crippen LogP) is 24.2. The topological polar surface area (TPSA) is 78.9 Å². The monoisotopic (exact) mass is 1100 g/mol. The number of rotatable bonds is 66. The van der Waals surface area contributed by atoms with Gasteiger partial charge in [0.05, 0.1) is 0 Å². The van der Waals surface area contributed by atoms with Crippen LogP contribution in [-0.4, -0.2) is 37.2 Å². The summed E-state index contributed by atoms with van der Waals surface area (Å²) in [7, 11) is 0. The lowest BCUT2D eigenvalue weighted by Gasteiger charge is -2.18. The molecule has 0 fully saturated rings. The Kier molecular flexibility index (Phi) is 65.6. The largest absolute Gasteiger partial charge is 0.462 e. The molecule has 6 heteroatoms. The molecular formula is C72H136O6. The Hall–Kier alpha value is -2.11. The smallest absolute Gasteiger partial charge is 0.306 e. The van der Waals surface area contributed by atoms with Gasteiger partial charge in [-0.3, -0.25) is 14.4 Å². The van der Waals surface area contributed by atoms with Gasteiger partial charge in [0.25, 0.3) is 0 Å². The molecule has 0 N–H and O–H groups in total. The van der Waals surface area contributed by atoms with Crippen molar-refractivity contribution in [2.75, 3.05) is 13.2 Å². The van der Waals surface area contributed by atoms with Gasteiger partial charge in [-0.05, 0) is 64.2 Å². The van der Waals surface area contributed by atoms with E-state index in [2.05, 4.69) is 45.1 Å². The van der Waals surface area contributed by atoms with Gasteiger partial charge in [-0.15, -0.1) is 0 Å². The van der Waals surface area contributed by atoms with Crippen molar-refractivity contribution in [1.29, 1.82) is 0 Å². The van der Waals surface area contributed by atoms with E-state index in [4.69, 9.17) is 14.2 Å². The maximum absolute atomic E-state index is 12.9. The normalized spacial score (nSPS) is 12.1. The van der Waals surface area contributed by atoms with E-state index in [-0.39, 0.29) is 31.1 Å². The standard InChI is InChI=1S/C72H136O6/c1-4-7-10-13-16-19-22-24-26-28-30-32-34-35-36-38-39-41-43-45-47-50-53-56-59-62-65-71(74)77-68-69(67-76-70(73)64-61-58-55-52-49-21-18-15-12-9-6-3)78-72(75)66-63-60-57-54-51-48-46-44-42-40-37-33-31-29-27-25-23-20-17-14-11-8-5-2/h15,18,29,31,69H,4-14,16-17,19-28,30,32-68H2,1-3H3/b18-15-,31-29-. The molecule has 78 heavy (non-hydrogen) atoms. The quantitative estimate of drug-likeness (QED) is 0.0261. The third kappa shape index (κ3) is 64.7. The Morgan fingerprint density at radius 2 is 0.436 bits per heavy atom. The summed E-state index contributed by atoms with van der Waals surface area (Å²) in [6, 6.07) is 0.